The predicted octanol–water partition coefficient (Wildman–Crippen LogP) is 5.93. The first-order valence-corrected chi connectivity index (χ1v) is 11.7. The van der Waals surface area contributed by atoms with Gasteiger partial charge in [0.2, 0.25) is 0 Å². The van der Waals surface area contributed by atoms with Crippen molar-refractivity contribution in [2.45, 2.75) is 6.04 Å². The number of halogens is 1. The smallest absolute Gasteiger partial charge is 0.330 e. The van der Waals surface area contributed by atoms with Crippen molar-refractivity contribution < 1.29 is 18.8 Å². The summed E-state index contributed by atoms with van der Waals surface area (Å²) in [6.07, 6.45) is 0. The Morgan fingerprint density at radius 1 is 1.06 bits per heavy atom. The molecule has 0 aliphatic heterocycles. The molecule has 0 spiro atoms. The van der Waals surface area contributed by atoms with Crippen molar-refractivity contribution in [2.24, 2.45) is 0 Å². The van der Waals surface area contributed by atoms with Gasteiger partial charge in [-0.05, 0) is 35.9 Å². The first-order valence-electron chi connectivity index (χ1n) is 10.5. The summed E-state index contributed by atoms with van der Waals surface area (Å²) in [5, 5.41) is 20.4. The quantitative estimate of drug-likeness (QED) is 0.235. The van der Waals surface area contributed by atoms with Crippen molar-refractivity contribution in [3.63, 3.8) is 0 Å². The highest BCUT2D eigenvalue weighted by Crippen LogP contribution is 2.30. The van der Waals surface area contributed by atoms with Gasteiger partial charge in [0.1, 0.15) is 16.5 Å². The topological polar surface area (TPSA) is 100 Å². The molecule has 0 aliphatic rings. The summed E-state index contributed by atoms with van der Waals surface area (Å²) < 4.78 is 19.5. The number of carboxylic acid groups (broad SMARTS) is 1. The van der Waals surface area contributed by atoms with Gasteiger partial charge in [0, 0.05) is 17.3 Å². The molecule has 0 radical (unpaired) electrons. The minimum Gasteiger partial charge on any atom is -0.479 e. The van der Waals surface area contributed by atoms with E-state index in [1.54, 1.807) is 36.4 Å². The van der Waals surface area contributed by atoms with E-state index in [1.165, 1.54) is 23.5 Å². The van der Waals surface area contributed by atoms with E-state index in [4.69, 9.17) is 16.7 Å². The van der Waals surface area contributed by atoms with Crippen LogP contribution >= 0.6 is 23.6 Å². The van der Waals surface area contributed by atoms with Crippen molar-refractivity contribution in [1.82, 2.24) is 15.5 Å². The molecule has 0 bridgehead atoms. The number of nitrogens with zero attached hydrogens (tertiary/aromatic N) is 2. The number of rotatable bonds is 7. The summed E-state index contributed by atoms with van der Waals surface area (Å²) >= 11 is 6.73. The number of fused-ring (bicyclic) bond motifs is 1. The first kappa shape index (κ1) is 22.6. The maximum absolute atomic E-state index is 13.4. The molecule has 174 valence electrons. The maximum atomic E-state index is 13.4. The van der Waals surface area contributed by atoms with Crippen LogP contribution in [0.15, 0.2) is 83.4 Å². The monoisotopic (exact) mass is 504 g/mol. The Bertz CT molecular complexity index is 1520. The van der Waals surface area contributed by atoms with Gasteiger partial charge in [-0.25, -0.2) is 14.2 Å². The van der Waals surface area contributed by atoms with Gasteiger partial charge >= 0.3 is 5.97 Å². The molecule has 7 nitrogen and oxygen atoms in total. The van der Waals surface area contributed by atoms with Crippen molar-refractivity contribution in [2.75, 3.05) is 5.32 Å². The van der Waals surface area contributed by atoms with Crippen LogP contribution < -0.4 is 10.6 Å². The Hall–Kier alpha value is -4.15. The van der Waals surface area contributed by atoms with Gasteiger partial charge in [-0.1, -0.05) is 71.2 Å². The SMILES string of the molecule is O=C(O)C(NC(=S)c1cc(-c2ccc(Nc3nc4ccc(F)cc4s3)cc2)no1)c1ccccc1. The fourth-order valence-electron chi connectivity index (χ4n) is 3.45. The molecule has 0 fully saturated rings. The van der Waals surface area contributed by atoms with Crippen LogP contribution in [0.4, 0.5) is 15.2 Å². The Morgan fingerprint density at radius 2 is 1.83 bits per heavy atom. The molecule has 3 aromatic carbocycles. The molecule has 1 unspecified atom stereocenters. The number of benzene rings is 3. The van der Waals surface area contributed by atoms with Crippen molar-refractivity contribution in [3.8, 4) is 11.3 Å². The molecule has 0 amide bonds. The zero-order chi connectivity index (χ0) is 24.4. The largest absolute Gasteiger partial charge is 0.479 e. The molecular weight excluding hydrogens is 487 g/mol. The summed E-state index contributed by atoms with van der Waals surface area (Å²) in [5.74, 6) is -1.09. The first-order chi connectivity index (χ1) is 17.0. The molecule has 5 aromatic rings. The van der Waals surface area contributed by atoms with Crippen molar-refractivity contribution in [3.05, 3.63) is 96.0 Å². The molecule has 0 saturated carbocycles. The van der Waals surface area contributed by atoms with Crippen LogP contribution in [0.2, 0.25) is 0 Å². The van der Waals surface area contributed by atoms with E-state index in [2.05, 4.69) is 20.8 Å². The second-order valence-corrected chi connectivity index (χ2v) is 9.00. The molecule has 0 aliphatic carbocycles. The van der Waals surface area contributed by atoms with Crippen LogP contribution in [0.5, 0.6) is 0 Å². The molecule has 10 heteroatoms. The van der Waals surface area contributed by atoms with Crippen LogP contribution in [-0.4, -0.2) is 26.2 Å². The number of thiazole rings is 1. The molecule has 1 atom stereocenters. The van der Waals surface area contributed by atoms with Crippen molar-refractivity contribution >= 4 is 55.5 Å². The van der Waals surface area contributed by atoms with E-state index in [-0.39, 0.29) is 16.6 Å². The summed E-state index contributed by atoms with van der Waals surface area (Å²) in [5.41, 5.74) is 3.45. The van der Waals surface area contributed by atoms with Gasteiger partial charge < -0.3 is 20.3 Å². The van der Waals surface area contributed by atoms with E-state index in [0.29, 0.717) is 16.4 Å². The number of hydrogen-bond acceptors (Lipinski definition) is 7. The van der Waals surface area contributed by atoms with E-state index in [1.807, 2.05) is 30.3 Å². The van der Waals surface area contributed by atoms with E-state index < -0.39 is 12.0 Å². The summed E-state index contributed by atoms with van der Waals surface area (Å²) in [6.45, 7) is 0. The van der Waals surface area contributed by atoms with Gasteiger partial charge in [-0.3, -0.25) is 0 Å². The maximum Gasteiger partial charge on any atom is 0.330 e. The van der Waals surface area contributed by atoms with Gasteiger partial charge in [-0.2, -0.15) is 0 Å². The Morgan fingerprint density at radius 3 is 2.57 bits per heavy atom. The van der Waals surface area contributed by atoms with Gasteiger partial charge in [0.25, 0.3) is 0 Å². The average molecular weight is 505 g/mol. The lowest BCUT2D eigenvalue weighted by molar-refractivity contribution is -0.139. The number of hydrogen-bond donors (Lipinski definition) is 3. The Labute approximate surface area is 208 Å². The fourth-order valence-corrected chi connectivity index (χ4v) is 4.58. The third kappa shape index (κ3) is 5.03. The van der Waals surface area contributed by atoms with Crippen LogP contribution in [0.3, 0.4) is 0 Å². The highest BCUT2D eigenvalue weighted by Gasteiger charge is 2.22. The van der Waals surface area contributed by atoms with Crippen LogP contribution in [0.1, 0.15) is 17.4 Å². The lowest BCUT2D eigenvalue weighted by atomic mass is 10.1. The Balaban J connectivity index is 1.28. The number of thiocarbonyl (C=S) groups is 1. The van der Waals surface area contributed by atoms with E-state index in [9.17, 15) is 14.3 Å². The van der Waals surface area contributed by atoms with Crippen LogP contribution in [-0.2, 0) is 4.79 Å². The zero-order valence-electron chi connectivity index (χ0n) is 17.9. The lowest BCUT2D eigenvalue weighted by Gasteiger charge is -2.15. The van der Waals surface area contributed by atoms with Gasteiger partial charge in [0.05, 0.1) is 10.2 Å². The minimum absolute atomic E-state index is 0.144. The molecule has 0 saturated heterocycles. The highest BCUT2D eigenvalue weighted by atomic mass is 32.1. The van der Waals surface area contributed by atoms with Gasteiger partial charge in [0.15, 0.2) is 16.9 Å². The fraction of sp³-hybridized carbons (Fsp3) is 0.0400. The number of aliphatic carboxylic acids is 1. The summed E-state index contributed by atoms with van der Waals surface area (Å²) in [6, 6.07) is 21.3. The number of anilines is 2. The summed E-state index contributed by atoms with van der Waals surface area (Å²) in [7, 11) is 0. The molecule has 5 rings (SSSR count). The second kappa shape index (κ2) is 9.61. The van der Waals surface area contributed by atoms with Crippen LogP contribution in [0.25, 0.3) is 21.5 Å². The normalized spacial score (nSPS) is 11.8. The second-order valence-electron chi connectivity index (χ2n) is 7.57. The third-order valence-electron chi connectivity index (χ3n) is 5.17. The molecule has 2 aromatic heterocycles. The zero-order valence-corrected chi connectivity index (χ0v) is 19.6. The molecule has 35 heavy (non-hydrogen) atoms. The number of carbonyl (C=O) groups is 1. The molecule has 3 N–H and O–H groups in total. The standard InChI is InChI=1S/C25H17FN4O3S2/c26-16-8-11-18-21(12-16)35-25(28-18)27-17-9-6-14(7-10-17)19-13-20(33-30-19)23(34)29-22(24(31)32)15-4-2-1-3-5-15/h1-13,22H,(H,27,28)(H,29,34)(H,31,32). The average Bonchev–Trinajstić information content (AvgIpc) is 3.50. The molecular formula is C25H17FN4O3S2. The van der Waals surface area contributed by atoms with E-state index >= 15 is 0 Å². The number of carboxylic acids is 1. The summed E-state index contributed by atoms with van der Waals surface area (Å²) in [4.78, 5) is 16.3. The minimum atomic E-state index is -1.06. The van der Waals surface area contributed by atoms with Gasteiger partial charge in [-0.15, -0.1) is 0 Å². The Kier molecular flexibility index (Phi) is 6.21. The van der Waals surface area contributed by atoms with E-state index in [0.717, 1.165) is 21.5 Å². The molecule has 2 heterocycles. The van der Waals surface area contributed by atoms with Crippen molar-refractivity contribution in [1.29, 1.82) is 0 Å². The lowest BCUT2D eigenvalue weighted by Crippen LogP contribution is -2.32. The van der Waals surface area contributed by atoms with Crippen LogP contribution in [0, 0.1) is 5.82 Å². The predicted molar refractivity (Wildman–Crippen MR) is 136 cm³/mol. The third-order valence-corrected chi connectivity index (χ3v) is 6.42. The number of aromatic nitrogens is 2. The highest BCUT2D eigenvalue weighted by molar-refractivity contribution is 7.80. The number of nitrogens with one attached hydrogen (secondary N) is 2.